The van der Waals surface area contributed by atoms with Crippen LogP contribution >= 0.6 is 0 Å². The van der Waals surface area contributed by atoms with Crippen molar-refractivity contribution in [2.75, 3.05) is 18.2 Å². The Morgan fingerprint density at radius 1 is 1.08 bits per heavy atom. The molecule has 2 amide bonds. The standard InChI is InChI=1S/C16H14F3N4O/c17-9-4-10-23(13-6-3-5-12(18)11-13)16(24)22(20-21-23)15-8-2-1-7-14(15)19/h1-3,5-8,11H,4,9-10H2/q+1. The maximum atomic E-state index is 14.0. The molecule has 1 aliphatic rings. The number of quaternary nitrogens is 1. The van der Waals surface area contributed by atoms with Crippen LogP contribution in [-0.4, -0.2) is 19.3 Å². The highest BCUT2D eigenvalue weighted by Gasteiger charge is 2.51. The molecule has 0 aliphatic carbocycles. The van der Waals surface area contributed by atoms with Crippen molar-refractivity contribution in [3.63, 3.8) is 0 Å². The molecule has 2 aromatic carbocycles. The van der Waals surface area contributed by atoms with Gasteiger partial charge in [0.05, 0.1) is 11.9 Å². The van der Waals surface area contributed by atoms with Gasteiger partial charge in [-0.05, 0) is 23.4 Å². The Hall–Kier alpha value is -2.74. The summed E-state index contributed by atoms with van der Waals surface area (Å²) in [5.74, 6) is -1.20. The number of halogens is 3. The molecule has 0 radical (unpaired) electrons. The first-order chi connectivity index (χ1) is 11.6. The average Bonchev–Trinajstić information content (AvgIpc) is 2.91. The third kappa shape index (κ3) is 2.65. The van der Waals surface area contributed by atoms with Gasteiger partial charge < -0.3 is 0 Å². The molecule has 2 aromatic rings. The number of nitrogens with zero attached hydrogens (tertiary/aromatic N) is 4. The highest BCUT2D eigenvalue weighted by molar-refractivity contribution is 6.00. The van der Waals surface area contributed by atoms with E-state index < -0.39 is 28.9 Å². The van der Waals surface area contributed by atoms with Gasteiger partial charge in [0.15, 0.2) is 5.69 Å². The van der Waals surface area contributed by atoms with Gasteiger partial charge in [0, 0.05) is 18.6 Å². The predicted octanol–water partition coefficient (Wildman–Crippen LogP) is 4.55. The van der Waals surface area contributed by atoms with E-state index in [-0.39, 0.29) is 24.3 Å². The Balaban J connectivity index is 2.04. The minimum absolute atomic E-state index is 0.0202. The average molecular weight is 335 g/mol. The number of para-hydroxylation sites is 1. The van der Waals surface area contributed by atoms with Crippen molar-refractivity contribution >= 4 is 17.4 Å². The Labute approximate surface area is 136 Å². The van der Waals surface area contributed by atoms with Crippen molar-refractivity contribution in [2.45, 2.75) is 6.42 Å². The van der Waals surface area contributed by atoms with Crippen molar-refractivity contribution in [1.29, 1.82) is 0 Å². The van der Waals surface area contributed by atoms with Gasteiger partial charge in [0.1, 0.15) is 23.9 Å². The normalized spacial score (nSPS) is 20.0. The van der Waals surface area contributed by atoms with Crippen molar-refractivity contribution < 1.29 is 18.0 Å². The lowest BCUT2D eigenvalue weighted by Gasteiger charge is -2.23. The number of benzene rings is 2. The summed E-state index contributed by atoms with van der Waals surface area (Å²) in [6.45, 7) is -0.717. The molecule has 0 spiro atoms. The van der Waals surface area contributed by atoms with E-state index in [0.717, 1.165) is 11.1 Å². The number of carbonyl (C=O) groups is 1. The number of amides is 2. The molecule has 5 nitrogen and oxygen atoms in total. The van der Waals surface area contributed by atoms with E-state index in [0.29, 0.717) is 0 Å². The summed E-state index contributed by atoms with van der Waals surface area (Å²) in [5.41, 5.74) is 0.138. The number of hydrogen-bond donors (Lipinski definition) is 0. The summed E-state index contributed by atoms with van der Waals surface area (Å²) in [6.07, 6.45) is 0.0202. The zero-order valence-corrected chi connectivity index (χ0v) is 12.6. The van der Waals surface area contributed by atoms with Crippen LogP contribution in [0.2, 0.25) is 0 Å². The smallest absolute Gasteiger partial charge is 0.251 e. The second-order valence-electron chi connectivity index (χ2n) is 5.24. The van der Waals surface area contributed by atoms with Gasteiger partial charge in [-0.1, -0.05) is 22.8 Å². The van der Waals surface area contributed by atoms with Gasteiger partial charge in [-0.2, -0.15) is 0 Å². The fraction of sp³-hybridized carbons (Fsp3) is 0.188. The molecule has 0 bridgehead atoms. The second-order valence-corrected chi connectivity index (χ2v) is 5.24. The number of carbonyl (C=O) groups excluding carboxylic acids is 1. The molecule has 124 valence electrons. The first-order valence-corrected chi connectivity index (χ1v) is 7.31. The maximum Gasteiger partial charge on any atom is 0.479 e. The predicted molar refractivity (Wildman–Crippen MR) is 82.8 cm³/mol. The molecule has 1 heterocycles. The lowest BCUT2D eigenvalue weighted by molar-refractivity contribution is 0.212. The van der Waals surface area contributed by atoms with Crippen molar-refractivity contribution in [3.8, 4) is 0 Å². The number of anilines is 1. The van der Waals surface area contributed by atoms with Crippen LogP contribution in [0.25, 0.3) is 0 Å². The third-order valence-corrected chi connectivity index (χ3v) is 3.71. The van der Waals surface area contributed by atoms with Crippen LogP contribution < -0.4 is 9.60 Å². The maximum absolute atomic E-state index is 14.0. The summed E-state index contributed by atoms with van der Waals surface area (Å²) in [7, 11) is 0. The van der Waals surface area contributed by atoms with Crippen LogP contribution in [0, 0.1) is 11.6 Å². The summed E-state index contributed by atoms with van der Waals surface area (Å²) < 4.78 is 39.5. The SMILES string of the molecule is O=C1N(c2ccccc2F)N=N[N+]1(CCCF)c1cccc(F)c1. The topological polar surface area (TPSA) is 45.0 Å². The Bertz CT molecular complexity index is 798. The molecule has 1 aliphatic heterocycles. The molecule has 0 N–H and O–H groups in total. The molecule has 24 heavy (non-hydrogen) atoms. The van der Waals surface area contributed by atoms with Crippen LogP contribution in [0.3, 0.4) is 0 Å². The van der Waals surface area contributed by atoms with E-state index in [1.165, 1.54) is 36.4 Å². The summed E-state index contributed by atoms with van der Waals surface area (Å²) in [6, 6.07) is 10.2. The van der Waals surface area contributed by atoms with Crippen LogP contribution in [0.4, 0.5) is 29.3 Å². The van der Waals surface area contributed by atoms with Gasteiger partial charge >= 0.3 is 6.03 Å². The lowest BCUT2D eigenvalue weighted by atomic mass is 10.2. The molecule has 0 saturated carbocycles. The highest BCUT2D eigenvalue weighted by Crippen LogP contribution is 2.35. The van der Waals surface area contributed by atoms with E-state index in [4.69, 9.17) is 0 Å². The van der Waals surface area contributed by atoms with Crippen LogP contribution in [0.15, 0.2) is 59.0 Å². The first kappa shape index (κ1) is 16.1. The van der Waals surface area contributed by atoms with Crippen LogP contribution in [-0.2, 0) is 0 Å². The quantitative estimate of drug-likeness (QED) is 0.739. The zero-order valence-electron chi connectivity index (χ0n) is 12.6. The zero-order chi connectivity index (χ0) is 17.2. The van der Waals surface area contributed by atoms with Crippen LogP contribution in [0.1, 0.15) is 6.42 Å². The summed E-state index contributed by atoms with van der Waals surface area (Å²) in [4.78, 5) is 12.9. The van der Waals surface area contributed by atoms with Crippen molar-refractivity contribution in [3.05, 3.63) is 60.2 Å². The molecule has 8 heteroatoms. The minimum atomic E-state index is -0.740. The van der Waals surface area contributed by atoms with Crippen molar-refractivity contribution in [2.24, 2.45) is 10.4 Å². The highest BCUT2D eigenvalue weighted by atomic mass is 19.1. The molecular formula is C16H14F3N4O+. The fourth-order valence-corrected chi connectivity index (χ4v) is 2.54. The summed E-state index contributed by atoms with van der Waals surface area (Å²) >= 11 is 0. The fourth-order valence-electron chi connectivity index (χ4n) is 2.54. The number of rotatable bonds is 5. The third-order valence-electron chi connectivity index (χ3n) is 3.71. The van der Waals surface area contributed by atoms with Crippen LogP contribution in [0.5, 0.6) is 0 Å². The summed E-state index contributed by atoms with van der Waals surface area (Å²) in [5, 5.41) is 8.51. The Kier molecular flexibility index (Phi) is 4.30. The van der Waals surface area contributed by atoms with E-state index in [1.54, 1.807) is 6.07 Å². The van der Waals surface area contributed by atoms with Gasteiger partial charge in [-0.3, -0.25) is 4.39 Å². The minimum Gasteiger partial charge on any atom is -0.251 e. The molecular weight excluding hydrogens is 321 g/mol. The lowest BCUT2D eigenvalue weighted by Crippen LogP contribution is -2.51. The number of alkyl halides is 1. The van der Waals surface area contributed by atoms with Gasteiger partial charge in [-0.25, -0.2) is 13.6 Å². The largest absolute Gasteiger partial charge is 0.479 e. The Morgan fingerprint density at radius 3 is 2.58 bits per heavy atom. The van der Waals surface area contributed by atoms with E-state index in [9.17, 15) is 18.0 Å². The van der Waals surface area contributed by atoms with E-state index in [2.05, 4.69) is 10.4 Å². The molecule has 0 fully saturated rings. The molecule has 1 atom stereocenters. The number of urea groups is 1. The van der Waals surface area contributed by atoms with Gasteiger partial charge in [0.2, 0.25) is 0 Å². The van der Waals surface area contributed by atoms with Crippen molar-refractivity contribution in [1.82, 2.24) is 4.59 Å². The van der Waals surface area contributed by atoms with E-state index >= 15 is 0 Å². The monoisotopic (exact) mass is 335 g/mol. The molecule has 1 unspecified atom stereocenters. The molecule has 0 saturated heterocycles. The Morgan fingerprint density at radius 2 is 1.88 bits per heavy atom. The van der Waals surface area contributed by atoms with Gasteiger partial charge in [-0.15, -0.1) is 5.01 Å². The number of hydrogen-bond acceptors (Lipinski definition) is 3. The van der Waals surface area contributed by atoms with E-state index in [1.807, 2.05) is 0 Å². The first-order valence-electron chi connectivity index (χ1n) is 7.31. The van der Waals surface area contributed by atoms with Gasteiger partial charge in [0.25, 0.3) is 0 Å². The second kappa shape index (κ2) is 6.40. The molecule has 3 rings (SSSR count). The molecule has 0 aromatic heterocycles.